The summed E-state index contributed by atoms with van der Waals surface area (Å²) < 4.78 is 19.2. The molecule has 2 aromatic carbocycles. The first kappa shape index (κ1) is 12.9. The largest absolute Gasteiger partial charge is 0.455 e. The third-order valence-corrected chi connectivity index (χ3v) is 3.37. The van der Waals surface area contributed by atoms with Gasteiger partial charge in [0.1, 0.15) is 11.6 Å². The highest BCUT2D eigenvalue weighted by molar-refractivity contribution is 9.10. The number of nitrogen functional groups attached to an aromatic ring is 1. The van der Waals surface area contributed by atoms with Crippen LogP contribution >= 0.6 is 15.9 Å². The molecule has 0 aliphatic heterocycles. The van der Waals surface area contributed by atoms with Gasteiger partial charge in [0, 0.05) is 12.1 Å². The van der Waals surface area contributed by atoms with Crippen LogP contribution in [0.3, 0.4) is 0 Å². The summed E-state index contributed by atoms with van der Waals surface area (Å²) in [5.41, 5.74) is 8.31. The van der Waals surface area contributed by atoms with Gasteiger partial charge in [0.2, 0.25) is 0 Å². The summed E-state index contributed by atoms with van der Waals surface area (Å²) in [6.07, 6.45) is 0. The molecule has 2 aromatic rings. The summed E-state index contributed by atoms with van der Waals surface area (Å²) >= 11 is 3.11. The molecule has 0 saturated carbocycles. The number of hydrogen-bond acceptors (Lipinski definition) is 2. The van der Waals surface area contributed by atoms with Crippen LogP contribution in [0.5, 0.6) is 11.5 Å². The molecule has 0 amide bonds. The van der Waals surface area contributed by atoms with Crippen LogP contribution in [0.4, 0.5) is 10.1 Å². The third-order valence-electron chi connectivity index (χ3n) is 2.76. The Hall–Kier alpha value is -1.55. The number of aryl methyl sites for hydroxylation is 2. The summed E-state index contributed by atoms with van der Waals surface area (Å²) in [4.78, 5) is 0. The van der Waals surface area contributed by atoms with Crippen molar-refractivity contribution >= 4 is 21.6 Å². The minimum absolute atomic E-state index is 0.272. The Morgan fingerprint density at radius 2 is 1.83 bits per heavy atom. The molecule has 0 unspecified atom stereocenters. The quantitative estimate of drug-likeness (QED) is 0.824. The van der Waals surface area contributed by atoms with E-state index in [4.69, 9.17) is 10.5 Å². The van der Waals surface area contributed by atoms with Gasteiger partial charge in [0.25, 0.3) is 0 Å². The van der Waals surface area contributed by atoms with Crippen molar-refractivity contribution in [3.05, 3.63) is 51.7 Å². The van der Waals surface area contributed by atoms with E-state index >= 15 is 0 Å². The predicted molar refractivity (Wildman–Crippen MR) is 74.5 cm³/mol. The zero-order valence-corrected chi connectivity index (χ0v) is 11.7. The maximum Gasteiger partial charge on any atom is 0.151 e. The van der Waals surface area contributed by atoms with Crippen LogP contribution in [-0.2, 0) is 0 Å². The summed E-state index contributed by atoms with van der Waals surface area (Å²) in [5, 5.41) is 0. The zero-order chi connectivity index (χ0) is 13.3. The van der Waals surface area contributed by atoms with E-state index in [1.165, 1.54) is 17.7 Å². The second-order valence-corrected chi connectivity index (χ2v) is 5.01. The Kier molecular flexibility index (Phi) is 3.57. The maximum absolute atomic E-state index is 13.2. The SMILES string of the molecule is Cc1ccc(Oc2cc(Br)c(F)cc2N)cc1C. The Labute approximate surface area is 114 Å². The second kappa shape index (κ2) is 4.98. The van der Waals surface area contributed by atoms with Crippen molar-refractivity contribution in [1.29, 1.82) is 0 Å². The number of halogens is 2. The first-order valence-corrected chi connectivity index (χ1v) is 6.26. The van der Waals surface area contributed by atoms with Crippen LogP contribution in [0.15, 0.2) is 34.8 Å². The van der Waals surface area contributed by atoms with Gasteiger partial charge in [-0.2, -0.15) is 0 Å². The fourth-order valence-corrected chi connectivity index (χ4v) is 1.86. The Morgan fingerprint density at radius 3 is 2.50 bits per heavy atom. The van der Waals surface area contributed by atoms with E-state index in [-0.39, 0.29) is 5.69 Å². The molecule has 0 bridgehead atoms. The molecular weight excluding hydrogens is 297 g/mol. The third kappa shape index (κ3) is 2.64. The first-order chi connectivity index (χ1) is 8.47. The Morgan fingerprint density at radius 1 is 1.11 bits per heavy atom. The van der Waals surface area contributed by atoms with Crippen LogP contribution < -0.4 is 10.5 Å². The summed E-state index contributed by atoms with van der Waals surface area (Å²) in [5.74, 6) is 0.717. The summed E-state index contributed by atoms with van der Waals surface area (Å²) in [6, 6.07) is 8.52. The van der Waals surface area contributed by atoms with Gasteiger partial charge >= 0.3 is 0 Å². The minimum atomic E-state index is -0.403. The summed E-state index contributed by atoms with van der Waals surface area (Å²) in [7, 11) is 0. The molecule has 2 N–H and O–H groups in total. The number of ether oxygens (including phenoxy) is 1. The lowest BCUT2D eigenvalue weighted by atomic mass is 10.1. The van der Waals surface area contributed by atoms with Crippen LogP contribution in [0.2, 0.25) is 0 Å². The molecular formula is C14H13BrFNO. The average molecular weight is 310 g/mol. The van der Waals surface area contributed by atoms with Crippen molar-refractivity contribution in [2.24, 2.45) is 0 Å². The van der Waals surface area contributed by atoms with Crippen molar-refractivity contribution in [2.75, 3.05) is 5.73 Å². The van der Waals surface area contributed by atoms with Gasteiger partial charge in [-0.1, -0.05) is 6.07 Å². The highest BCUT2D eigenvalue weighted by Crippen LogP contribution is 2.32. The molecule has 94 valence electrons. The molecule has 4 heteroatoms. The fraction of sp³-hybridized carbons (Fsp3) is 0.143. The van der Waals surface area contributed by atoms with E-state index in [2.05, 4.69) is 15.9 Å². The minimum Gasteiger partial charge on any atom is -0.455 e. The van der Waals surface area contributed by atoms with E-state index in [1.807, 2.05) is 32.0 Å². The van der Waals surface area contributed by atoms with E-state index in [0.717, 1.165) is 5.56 Å². The fourth-order valence-electron chi connectivity index (χ4n) is 1.54. The molecule has 0 radical (unpaired) electrons. The van der Waals surface area contributed by atoms with Gasteiger partial charge < -0.3 is 10.5 Å². The monoisotopic (exact) mass is 309 g/mol. The lowest BCUT2D eigenvalue weighted by molar-refractivity contribution is 0.482. The van der Waals surface area contributed by atoms with Crippen molar-refractivity contribution < 1.29 is 9.13 Å². The van der Waals surface area contributed by atoms with Gasteiger partial charge in [-0.3, -0.25) is 0 Å². The van der Waals surface area contributed by atoms with Gasteiger partial charge in [0.05, 0.1) is 10.2 Å². The molecule has 0 aliphatic rings. The normalized spacial score (nSPS) is 10.4. The number of benzene rings is 2. The number of hydrogen-bond donors (Lipinski definition) is 1. The standard InChI is InChI=1S/C14H13BrFNO/c1-8-3-4-10(5-9(8)2)18-14-6-11(15)12(16)7-13(14)17/h3-7H,17H2,1-2H3. The van der Waals surface area contributed by atoms with Crippen molar-refractivity contribution in [3.8, 4) is 11.5 Å². The lowest BCUT2D eigenvalue weighted by Crippen LogP contribution is -1.94. The lowest BCUT2D eigenvalue weighted by Gasteiger charge is -2.10. The van der Waals surface area contributed by atoms with Crippen molar-refractivity contribution in [1.82, 2.24) is 0 Å². The van der Waals surface area contributed by atoms with Gasteiger partial charge in [0.15, 0.2) is 5.75 Å². The molecule has 0 aromatic heterocycles. The highest BCUT2D eigenvalue weighted by atomic mass is 79.9. The smallest absolute Gasteiger partial charge is 0.151 e. The van der Waals surface area contributed by atoms with E-state index in [0.29, 0.717) is 16.0 Å². The number of anilines is 1. The Bertz CT molecular complexity index is 599. The molecule has 2 nitrogen and oxygen atoms in total. The van der Waals surface area contributed by atoms with Gasteiger partial charge in [-0.15, -0.1) is 0 Å². The first-order valence-electron chi connectivity index (χ1n) is 5.47. The van der Waals surface area contributed by atoms with E-state index in [9.17, 15) is 4.39 Å². The Balaban J connectivity index is 2.34. The van der Waals surface area contributed by atoms with Gasteiger partial charge in [-0.05, 0) is 53.0 Å². The molecule has 0 fully saturated rings. The van der Waals surface area contributed by atoms with Crippen LogP contribution in [0, 0.1) is 19.7 Å². The highest BCUT2D eigenvalue weighted by Gasteiger charge is 2.08. The van der Waals surface area contributed by atoms with E-state index < -0.39 is 5.82 Å². The number of rotatable bonds is 2. The molecule has 18 heavy (non-hydrogen) atoms. The predicted octanol–water partition coefficient (Wildman–Crippen LogP) is 4.58. The van der Waals surface area contributed by atoms with Crippen LogP contribution in [0.1, 0.15) is 11.1 Å². The maximum atomic E-state index is 13.2. The molecule has 0 spiro atoms. The average Bonchev–Trinajstić information content (AvgIpc) is 2.31. The second-order valence-electron chi connectivity index (χ2n) is 4.15. The molecule has 0 aliphatic carbocycles. The number of nitrogens with two attached hydrogens (primary N) is 1. The molecule has 0 atom stereocenters. The molecule has 0 saturated heterocycles. The zero-order valence-electron chi connectivity index (χ0n) is 10.1. The van der Waals surface area contributed by atoms with Crippen LogP contribution in [-0.4, -0.2) is 0 Å². The topological polar surface area (TPSA) is 35.2 Å². The molecule has 0 heterocycles. The van der Waals surface area contributed by atoms with Gasteiger partial charge in [-0.25, -0.2) is 4.39 Å². The van der Waals surface area contributed by atoms with Crippen molar-refractivity contribution in [3.63, 3.8) is 0 Å². The summed E-state index contributed by atoms with van der Waals surface area (Å²) in [6.45, 7) is 4.04. The van der Waals surface area contributed by atoms with Crippen molar-refractivity contribution in [2.45, 2.75) is 13.8 Å². The van der Waals surface area contributed by atoms with Crippen LogP contribution in [0.25, 0.3) is 0 Å². The van der Waals surface area contributed by atoms with E-state index in [1.54, 1.807) is 0 Å². The molecule has 2 rings (SSSR count).